The summed E-state index contributed by atoms with van der Waals surface area (Å²) in [6.45, 7) is 10.8. The van der Waals surface area contributed by atoms with E-state index < -0.39 is 12.0 Å². The number of allylic oxidation sites excluding steroid dienone is 4. The standard InChI is InChI=1S/C31H33F2N5O2/c1-4-5-8-21(2)11-12-29-34-31(35-40-29)24-20-38(19-22-9-6-7-10-25(22)32)27-18-28(26(33)17-23(27)30(24)39)37-15-13-36(3)14-16-37/h4-10,17-18,20,29H,1-2,11-16,19H2,3H3,(H,34,35)/b8-5-. The normalized spacial score (nSPS) is 17.8. The van der Waals surface area contributed by atoms with Crippen LogP contribution in [0.25, 0.3) is 10.9 Å². The maximum Gasteiger partial charge on any atom is 0.200 e. The average molecular weight is 546 g/mol. The predicted octanol–water partition coefficient (Wildman–Crippen LogP) is 4.77. The lowest BCUT2D eigenvalue weighted by molar-refractivity contribution is 0.0338. The molecule has 0 aliphatic carbocycles. The maximum absolute atomic E-state index is 15.5. The lowest BCUT2D eigenvalue weighted by Crippen LogP contribution is -2.44. The van der Waals surface area contributed by atoms with Crippen LogP contribution in [0, 0.1) is 11.6 Å². The van der Waals surface area contributed by atoms with Crippen molar-refractivity contribution in [3.8, 4) is 0 Å². The molecule has 40 heavy (non-hydrogen) atoms. The van der Waals surface area contributed by atoms with Gasteiger partial charge >= 0.3 is 0 Å². The Morgan fingerprint density at radius 1 is 1.18 bits per heavy atom. The van der Waals surface area contributed by atoms with E-state index in [0.717, 1.165) is 18.7 Å². The van der Waals surface area contributed by atoms with Crippen LogP contribution in [0.4, 0.5) is 14.5 Å². The van der Waals surface area contributed by atoms with Crippen molar-refractivity contribution >= 4 is 22.4 Å². The number of nitrogens with zero attached hydrogens (tertiary/aromatic N) is 4. The number of nitrogens with one attached hydrogen (secondary N) is 1. The fraction of sp³-hybridized carbons (Fsp3) is 0.290. The number of likely N-dealkylation sites (N-methyl/N-ethyl adjacent to an activating group) is 1. The van der Waals surface area contributed by atoms with Crippen molar-refractivity contribution in [3.63, 3.8) is 0 Å². The zero-order valence-electron chi connectivity index (χ0n) is 22.6. The lowest BCUT2D eigenvalue weighted by atomic mass is 10.1. The molecule has 0 spiro atoms. The number of aliphatic imine (C=N–C) groups is 1. The van der Waals surface area contributed by atoms with Crippen LogP contribution in [0.1, 0.15) is 24.0 Å². The third-order valence-corrected chi connectivity index (χ3v) is 7.29. The second kappa shape index (κ2) is 12.0. The number of hydroxylamine groups is 1. The van der Waals surface area contributed by atoms with Gasteiger partial charge in [0.1, 0.15) is 11.6 Å². The Bertz CT molecular complexity index is 1550. The van der Waals surface area contributed by atoms with Crippen LogP contribution in [-0.4, -0.2) is 54.8 Å². The van der Waals surface area contributed by atoms with Gasteiger partial charge < -0.3 is 14.4 Å². The molecule has 0 bridgehead atoms. The van der Waals surface area contributed by atoms with E-state index in [-0.39, 0.29) is 34.6 Å². The van der Waals surface area contributed by atoms with Crippen molar-refractivity contribution in [2.24, 2.45) is 4.99 Å². The number of hydrogen-bond acceptors (Lipinski definition) is 6. The van der Waals surface area contributed by atoms with Gasteiger partial charge in [0.25, 0.3) is 0 Å². The minimum absolute atomic E-state index is 0.150. The number of amidine groups is 1. The van der Waals surface area contributed by atoms with E-state index in [9.17, 15) is 9.18 Å². The number of fused-ring (bicyclic) bond motifs is 1. The Kier molecular flexibility index (Phi) is 8.23. The number of halogens is 2. The number of pyridine rings is 1. The largest absolute Gasteiger partial charge is 0.367 e. The topological polar surface area (TPSA) is 62.1 Å². The average Bonchev–Trinajstić information content (AvgIpc) is 3.42. The molecule has 3 aromatic rings. The summed E-state index contributed by atoms with van der Waals surface area (Å²) in [6, 6.07) is 9.48. The number of piperazine rings is 1. The molecule has 208 valence electrons. The third-order valence-electron chi connectivity index (χ3n) is 7.29. The smallest absolute Gasteiger partial charge is 0.200 e. The molecule has 1 N–H and O–H groups in total. The van der Waals surface area contributed by atoms with E-state index >= 15 is 4.39 Å². The maximum atomic E-state index is 15.5. The van der Waals surface area contributed by atoms with Gasteiger partial charge in [0.15, 0.2) is 17.5 Å². The molecule has 0 saturated carbocycles. The summed E-state index contributed by atoms with van der Waals surface area (Å²) in [5.74, 6) is -0.567. The van der Waals surface area contributed by atoms with Gasteiger partial charge in [0.2, 0.25) is 0 Å². The Morgan fingerprint density at radius 2 is 1.95 bits per heavy atom. The number of anilines is 1. The van der Waals surface area contributed by atoms with E-state index in [4.69, 9.17) is 4.84 Å². The zero-order valence-corrected chi connectivity index (χ0v) is 22.6. The molecular formula is C31H33F2N5O2. The summed E-state index contributed by atoms with van der Waals surface area (Å²) in [6.07, 6.45) is 7.68. The molecule has 0 amide bonds. The van der Waals surface area contributed by atoms with Gasteiger partial charge in [-0.25, -0.2) is 24.1 Å². The molecule has 0 radical (unpaired) electrons. The molecule has 1 atom stereocenters. The van der Waals surface area contributed by atoms with Crippen LogP contribution in [0.3, 0.4) is 0 Å². The van der Waals surface area contributed by atoms with Crippen LogP contribution in [0.5, 0.6) is 0 Å². The van der Waals surface area contributed by atoms with Crippen molar-refractivity contribution < 1.29 is 13.6 Å². The lowest BCUT2D eigenvalue weighted by Gasteiger charge is -2.34. The Balaban J connectivity index is 1.54. The van der Waals surface area contributed by atoms with Crippen LogP contribution < -0.4 is 15.8 Å². The Labute approximate surface area is 232 Å². The highest BCUT2D eigenvalue weighted by Crippen LogP contribution is 2.27. The van der Waals surface area contributed by atoms with E-state index in [1.807, 2.05) is 24.1 Å². The van der Waals surface area contributed by atoms with Gasteiger partial charge in [-0.1, -0.05) is 55.2 Å². The van der Waals surface area contributed by atoms with Gasteiger partial charge in [-0.05, 0) is 31.7 Å². The molecule has 2 aliphatic rings. The summed E-state index contributed by atoms with van der Waals surface area (Å²) in [5.41, 5.74) is 4.92. The summed E-state index contributed by atoms with van der Waals surface area (Å²) in [5, 5.41) is 0.195. The molecule has 9 heteroatoms. The Morgan fingerprint density at radius 3 is 2.70 bits per heavy atom. The molecule has 1 fully saturated rings. The van der Waals surface area contributed by atoms with Crippen molar-refractivity contribution in [3.05, 3.63) is 113 Å². The number of benzene rings is 2. The summed E-state index contributed by atoms with van der Waals surface area (Å²) in [7, 11) is 2.03. The molecule has 1 unspecified atom stereocenters. The third kappa shape index (κ3) is 5.90. The Hall–Kier alpha value is -4.08. The molecular weight excluding hydrogens is 512 g/mol. The van der Waals surface area contributed by atoms with Crippen LogP contribution in [0.15, 0.2) is 89.3 Å². The highest BCUT2D eigenvalue weighted by atomic mass is 19.1. The molecule has 1 aromatic heterocycles. The fourth-order valence-corrected chi connectivity index (χ4v) is 4.96. The van der Waals surface area contributed by atoms with Crippen molar-refractivity contribution in [1.82, 2.24) is 14.9 Å². The van der Waals surface area contributed by atoms with E-state index in [0.29, 0.717) is 42.7 Å². The number of rotatable bonds is 9. The second-order valence-corrected chi connectivity index (χ2v) is 10.1. The first-order chi connectivity index (χ1) is 19.3. The molecule has 5 rings (SSSR count). The van der Waals surface area contributed by atoms with Crippen molar-refractivity contribution in [2.75, 3.05) is 38.1 Å². The van der Waals surface area contributed by atoms with Gasteiger partial charge in [-0.2, -0.15) is 0 Å². The van der Waals surface area contributed by atoms with Crippen LogP contribution in [-0.2, 0) is 11.4 Å². The first-order valence-electron chi connectivity index (χ1n) is 13.3. The number of aromatic nitrogens is 1. The fourth-order valence-electron chi connectivity index (χ4n) is 4.96. The van der Waals surface area contributed by atoms with Crippen LogP contribution in [0.2, 0.25) is 0 Å². The molecule has 7 nitrogen and oxygen atoms in total. The minimum atomic E-state index is -0.518. The quantitative estimate of drug-likeness (QED) is 0.393. The first kappa shape index (κ1) is 27.5. The molecule has 2 aromatic carbocycles. The van der Waals surface area contributed by atoms with Crippen molar-refractivity contribution in [1.29, 1.82) is 0 Å². The summed E-state index contributed by atoms with van der Waals surface area (Å²) in [4.78, 5) is 28.0. The van der Waals surface area contributed by atoms with E-state index in [1.54, 1.807) is 41.1 Å². The van der Waals surface area contributed by atoms with Gasteiger partial charge in [-0.3, -0.25) is 4.79 Å². The summed E-state index contributed by atoms with van der Waals surface area (Å²) < 4.78 is 32.0. The number of hydrogen-bond donors (Lipinski definition) is 1. The summed E-state index contributed by atoms with van der Waals surface area (Å²) >= 11 is 0. The minimum Gasteiger partial charge on any atom is -0.367 e. The van der Waals surface area contributed by atoms with E-state index in [2.05, 4.69) is 28.5 Å². The van der Waals surface area contributed by atoms with Gasteiger partial charge in [-0.15, -0.1) is 0 Å². The monoisotopic (exact) mass is 545 g/mol. The van der Waals surface area contributed by atoms with Gasteiger partial charge in [0, 0.05) is 49.7 Å². The van der Waals surface area contributed by atoms with Crippen LogP contribution >= 0.6 is 0 Å². The highest BCUT2D eigenvalue weighted by molar-refractivity contribution is 6.01. The molecule has 2 aliphatic heterocycles. The molecule has 3 heterocycles. The zero-order chi connectivity index (χ0) is 28.2. The predicted molar refractivity (Wildman–Crippen MR) is 156 cm³/mol. The highest BCUT2D eigenvalue weighted by Gasteiger charge is 2.25. The van der Waals surface area contributed by atoms with Crippen molar-refractivity contribution in [2.45, 2.75) is 25.6 Å². The SMILES string of the molecule is C=C/C=C\C(=C)CCC1N=C(c2cn(Cc3ccccc3F)c3cc(N4CCN(C)CC4)c(F)cc3c2=O)NO1. The molecule has 1 saturated heterocycles. The second-order valence-electron chi connectivity index (χ2n) is 10.1. The first-order valence-corrected chi connectivity index (χ1v) is 13.3. The van der Waals surface area contributed by atoms with Gasteiger partial charge in [0.05, 0.1) is 23.3 Å². The van der Waals surface area contributed by atoms with E-state index in [1.165, 1.54) is 12.1 Å².